The van der Waals surface area contributed by atoms with Gasteiger partial charge in [0.05, 0.1) is 6.21 Å². The van der Waals surface area contributed by atoms with Crippen molar-refractivity contribution in [2.75, 3.05) is 56.6 Å². The Morgan fingerprint density at radius 1 is 0.912 bits per heavy atom. The van der Waals surface area contributed by atoms with Crippen molar-refractivity contribution in [1.29, 1.82) is 0 Å². The molecule has 0 spiro atoms. The Morgan fingerprint density at radius 3 is 2.38 bits per heavy atom. The molecule has 0 aliphatic rings. The fourth-order valence-electron chi connectivity index (χ4n) is 2.94. The molecule has 34 heavy (non-hydrogen) atoms. The SMILES string of the molecule is Cc1ccc(OCCOc2ccc(Br)cc2/C=N\Nc2cc(N(C)C)nc(N(C)C)n2)cc1C. The molecule has 0 atom stereocenters. The minimum Gasteiger partial charge on any atom is -0.490 e. The summed E-state index contributed by atoms with van der Waals surface area (Å²) >= 11 is 3.52. The van der Waals surface area contributed by atoms with Crippen LogP contribution in [-0.4, -0.2) is 57.6 Å². The smallest absolute Gasteiger partial charge is 0.228 e. The number of hydrogen-bond donors (Lipinski definition) is 1. The Morgan fingerprint density at radius 2 is 1.68 bits per heavy atom. The summed E-state index contributed by atoms with van der Waals surface area (Å²) in [5.41, 5.74) is 6.27. The Bertz CT molecular complexity index is 1120. The summed E-state index contributed by atoms with van der Waals surface area (Å²) in [7, 11) is 7.67. The van der Waals surface area contributed by atoms with Gasteiger partial charge >= 0.3 is 0 Å². The summed E-state index contributed by atoms with van der Waals surface area (Å²) in [6.45, 7) is 5.01. The molecule has 1 N–H and O–H groups in total. The summed E-state index contributed by atoms with van der Waals surface area (Å²) in [4.78, 5) is 12.8. The van der Waals surface area contributed by atoms with E-state index in [0.717, 1.165) is 21.6 Å². The molecule has 0 fully saturated rings. The number of rotatable bonds is 10. The summed E-state index contributed by atoms with van der Waals surface area (Å²) < 4.78 is 12.7. The fraction of sp³-hybridized carbons (Fsp3) is 0.320. The lowest BCUT2D eigenvalue weighted by Crippen LogP contribution is -2.17. The Hall–Kier alpha value is -3.33. The Labute approximate surface area is 209 Å². The number of halogens is 1. The van der Waals surface area contributed by atoms with E-state index in [1.165, 1.54) is 11.1 Å². The van der Waals surface area contributed by atoms with Crippen LogP contribution in [0.2, 0.25) is 0 Å². The molecule has 0 saturated heterocycles. The average Bonchev–Trinajstić information content (AvgIpc) is 2.80. The van der Waals surface area contributed by atoms with E-state index in [0.29, 0.717) is 30.7 Å². The fourth-order valence-corrected chi connectivity index (χ4v) is 3.32. The van der Waals surface area contributed by atoms with Crippen LogP contribution in [0.25, 0.3) is 0 Å². The standard InChI is InChI=1S/C25H31BrN6O2/c1-17-7-9-21(13-18(17)2)33-11-12-34-22-10-8-20(26)14-19(22)16-27-30-23-15-24(31(3)4)29-25(28-23)32(5)6/h7-10,13-16H,11-12H2,1-6H3,(H,28,29,30)/b27-16-. The predicted molar refractivity (Wildman–Crippen MR) is 143 cm³/mol. The molecule has 9 heteroatoms. The maximum absolute atomic E-state index is 5.97. The minimum atomic E-state index is 0.410. The van der Waals surface area contributed by atoms with Gasteiger partial charge < -0.3 is 19.3 Å². The molecule has 0 unspecified atom stereocenters. The van der Waals surface area contributed by atoms with Gasteiger partial charge in [-0.1, -0.05) is 22.0 Å². The molecule has 1 heterocycles. The largest absolute Gasteiger partial charge is 0.490 e. The van der Waals surface area contributed by atoms with Crippen LogP contribution in [-0.2, 0) is 0 Å². The maximum atomic E-state index is 5.97. The minimum absolute atomic E-state index is 0.410. The van der Waals surface area contributed by atoms with Crippen LogP contribution in [0, 0.1) is 13.8 Å². The molecule has 1 aromatic heterocycles. The molecular weight excluding hydrogens is 496 g/mol. The second-order valence-corrected chi connectivity index (χ2v) is 9.11. The predicted octanol–water partition coefficient (Wildman–Crippen LogP) is 4.89. The molecule has 0 aliphatic carbocycles. The first-order valence-corrected chi connectivity index (χ1v) is 11.7. The van der Waals surface area contributed by atoms with Crippen molar-refractivity contribution in [2.24, 2.45) is 5.10 Å². The molecule has 2 aromatic carbocycles. The average molecular weight is 527 g/mol. The zero-order valence-corrected chi connectivity index (χ0v) is 22.0. The first kappa shape index (κ1) is 25.3. The molecule has 0 bridgehead atoms. The van der Waals surface area contributed by atoms with Crippen molar-refractivity contribution in [3.05, 3.63) is 63.6 Å². The van der Waals surface area contributed by atoms with Gasteiger partial charge in [-0.15, -0.1) is 0 Å². The molecule has 3 rings (SSSR count). The van der Waals surface area contributed by atoms with Gasteiger partial charge in [-0.05, 0) is 55.3 Å². The molecule has 0 aliphatic heterocycles. The van der Waals surface area contributed by atoms with E-state index in [1.807, 2.05) is 74.4 Å². The number of aromatic nitrogens is 2. The quantitative estimate of drug-likeness (QED) is 0.229. The van der Waals surface area contributed by atoms with Crippen molar-refractivity contribution in [3.8, 4) is 11.5 Å². The van der Waals surface area contributed by atoms with Gasteiger partial charge in [0.1, 0.15) is 30.5 Å². The van der Waals surface area contributed by atoms with Crippen LogP contribution < -0.4 is 24.7 Å². The number of aryl methyl sites for hydroxylation is 2. The normalized spacial score (nSPS) is 10.9. The monoisotopic (exact) mass is 526 g/mol. The van der Waals surface area contributed by atoms with Crippen molar-refractivity contribution < 1.29 is 9.47 Å². The van der Waals surface area contributed by atoms with E-state index < -0.39 is 0 Å². The molecule has 0 amide bonds. The van der Waals surface area contributed by atoms with E-state index in [-0.39, 0.29) is 0 Å². The summed E-state index contributed by atoms with van der Waals surface area (Å²) in [5, 5.41) is 4.37. The Kier molecular flexibility index (Phi) is 8.70. The zero-order chi connectivity index (χ0) is 24.7. The number of ether oxygens (including phenoxy) is 2. The van der Waals surface area contributed by atoms with Crippen LogP contribution in [0.15, 0.2) is 52.0 Å². The third-order valence-corrected chi connectivity index (χ3v) is 5.49. The van der Waals surface area contributed by atoms with E-state index in [9.17, 15) is 0 Å². The number of benzene rings is 2. The van der Waals surface area contributed by atoms with Crippen LogP contribution in [0.4, 0.5) is 17.6 Å². The highest BCUT2D eigenvalue weighted by Crippen LogP contribution is 2.23. The van der Waals surface area contributed by atoms with Crippen LogP contribution in [0.1, 0.15) is 16.7 Å². The van der Waals surface area contributed by atoms with Gasteiger partial charge in [0, 0.05) is 44.3 Å². The topological polar surface area (TPSA) is 75.1 Å². The third-order valence-electron chi connectivity index (χ3n) is 5.00. The molecule has 180 valence electrons. The first-order chi connectivity index (χ1) is 16.2. The Balaban J connectivity index is 1.65. The number of anilines is 3. The second-order valence-electron chi connectivity index (χ2n) is 8.20. The highest BCUT2D eigenvalue weighted by Gasteiger charge is 2.08. The van der Waals surface area contributed by atoms with Crippen molar-refractivity contribution in [3.63, 3.8) is 0 Å². The molecule has 0 saturated carbocycles. The summed E-state index contributed by atoms with van der Waals surface area (Å²) in [6, 6.07) is 13.7. The molecule has 3 aromatic rings. The van der Waals surface area contributed by atoms with Gasteiger partial charge in [-0.3, -0.25) is 5.43 Å². The lowest BCUT2D eigenvalue weighted by molar-refractivity contribution is 0.217. The number of nitrogens with zero attached hydrogens (tertiary/aromatic N) is 5. The molecule has 0 radical (unpaired) electrons. The van der Waals surface area contributed by atoms with Gasteiger partial charge in [-0.2, -0.15) is 15.1 Å². The van der Waals surface area contributed by atoms with Crippen LogP contribution >= 0.6 is 15.9 Å². The van der Waals surface area contributed by atoms with Gasteiger partial charge in [0.15, 0.2) is 5.82 Å². The van der Waals surface area contributed by atoms with E-state index in [2.05, 4.69) is 56.3 Å². The molecular formula is C25H31BrN6O2. The second kappa shape index (κ2) is 11.7. The van der Waals surface area contributed by atoms with Crippen molar-refractivity contribution >= 4 is 39.7 Å². The summed E-state index contributed by atoms with van der Waals surface area (Å²) in [6.07, 6.45) is 1.71. The third kappa shape index (κ3) is 7.08. The van der Waals surface area contributed by atoms with Gasteiger partial charge in [0.2, 0.25) is 5.95 Å². The van der Waals surface area contributed by atoms with Crippen molar-refractivity contribution in [1.82, 2.24) is 9.97 Å². The summed E-state index contributed by atoms with van der Waals surface area (Å²) in [5.74, 6) is 3.53. The number of hydrazone groups is 1. The van der Waals surface area contributed by atoms with Crippen molar-refractivity contribution in [2.45, 2.75) is 13.8 Å². The molecule has 8 nitrogen and oxygen atoms in total. The van der Waals surface area contributed by atoms with Gasteiger partial charge in [-0.25, -0.2) is 0 Å². The number of nitrogens with one attached hydrogen (secondary N) is 1. The lowest BCUT2D eigenvalue weighted by atomic mass is 10.1. The van der Waals surface area contributed by atoms with E-state index in [4.69, 9.17) is 9.47 Å². The zero-order valence-electron chi connectivity index (χ0n) is 20.5. The van der Waals surface area contributed by atoms with Crippen LogP contribution in [0.3, 0.4) is 0 Å². The van der Waals surface area contributed by atoms with E-state index >= 15 is 0 Å². The maximum Gasteiger partial charge on any atom is 0.228 e. The highest BCUT2D eigenvalue weighted by atomic mass is 79.9. The van der Waals surface area contributed by atoms with E-state index in [1.54, 1.807) is 6.21 Å². The first-order valence-electron chi connectivity index (χ1n) is 10.9. The number of hydrogen-bond acceptors (Lipinski definition) is 8. The van der Waals surface area contributed by atoms with Crippen LogP contribution in [0.5, 0.6) is 11.5 Å². The highest BCUT2D eigenvalue weighted by molar-refractivity contribution is 9.10. The van der Waals surface area contributed by atoms with Gasteiger partial charge in [0.25, 0.3) is 0 Å². The lowest BCUT2D eigenvalue weighted by Gasteiger charge is -2.17.